The molecule has 1 aliphatic heterocycles. The second-order valence-corrected chi connectivity index (χ2v) is 5.62. The molecule has 1 unspecified atom stereocenters. The SMILES string of the molecule is NC(=O)c1c(Br)cccc1OCCC1CCCCN1. The fourth-order valence-electron chi connectivity index (χ4n) is 2.35. The van der Waals surface area contributed by atoms with Gasteiger partial charge in [-0.05, 0) is 53.9 Å². The first kappa shape index (κ1) is 14.3. The average molecular weight is 327 g/mol. The molecule has 1 amide bonds. The van der Waals surface area contributed by atoms with E-state index in [1.54, 1.807) is 12.1 Å². The van der Waals surface area contributed by atoms with Crippen molar-refractivity contribution in [2.45, 2.75) is 31.7 Å². The van der Waals surface area contributed by atoms with Gasteiger partial charge in [0.15, 0.2) is 0 Å². The Balaban J connectivity index is 1.92. The molecule has 1 aromatic carbocycles. The number of nitrogens with two attached hydrogens (primary N) is 1. The molecule has 0 saturated carbocycles. The number of carbonyl (C=O) groups excluding carboxylic acids is 1. The summed E-state index contributed by atoms with van der Waals surface area (Å²) in [4.78, 5) is 11.4. The highest BCUT2D eigenvalue weighted by atomic mass is 79.9. The smallest absolute Gasteiger partial charge is 0.253 e. The number of rotatable bonds is 5. The van der Waals surface area contributed by atoms with E-state index in [2.05, 4.69) is 21.2 Å². The van der Waals surface area contributed by atoms with Gasteiger partial charge in [-0.3, -0.25) is 4.79 Å². The molecular weight excluding hydrogens is 308 g/mol. The maximum absolute atomic E-state index is 11.4. The third-order valence-corrected chi connectivity index (χ3v) is 4.02. The molecular formula is C14H19BrN2O2. The van der Waals surface area contributed by atoms with Crippen LogP contribution < -0.4 is 15.8 Å². The molecule has 1 aromatic rings. The molecule has 0 bridgehead atoms. The van der Waals surface area contributed by atoms with Crippen molar-refractivity contribution in [1.29, 1.82) is 0 Å². The fourth-order valence-corrected chi connectivity index (χ4v) is 2.89. The molecule has 2 rings (SSSR count). The third kappa shape index (κ3) is 3.94. The van der Waals surface area contributed by atoms with Crippen LogP contribution in [0.2, 0.25) is 0 Å². The van der Waals surface area contributed by atoms with Crippen LogP contribution in [0.25, 0.3) is 0 Å². The Morgan fingerprint density at radius 2 is 2.32 bits per heavy atom. The van der Waals surface area contributed by atoms with Crippen molar-refractivity contribution < 1.29 is 9.53 Å². The van der Waals surface area contributed by atoms with Gasteiger partial charge in [-0.2, -0.15) is 0 Å². The summed E-state index contributed by atoms with van der Waals surface area (Å²) in [7, 11) is 0. The highest BCUT2D eigenvalue weighted by Gasteiger charge is 2.15. The molecule has 104 valence electrons. The minimum Gasteiger partial charge on any atom is -0.493 e. The lowest BCUT2D eigenvalue weighted by atomic mass is 10.0. The van der Waals surface area contributed by atoms with Crippen LogP contribution in [0.3, 0.4) is 0 Å². The lowest BCUT2D eigenvalue weighted by Gasteiger charge is -2.23. The maximum atomic E-state index is 11.4. The van der Waals surface area contributed by atoms with Crippen LogP contribution in [0, 0.1) is 0 Å². The lowest BCUT2D eigenvalue weighted by Crippen LogP contribution is -2.35. The normalized spacial score (nSPS) is 19.1. The quantitative estimate of drug-likeness (QED) is 0.873. The molecule has 0 aliphatic carbocycles. The Morgan fingerprint density at radius 3 is 3.00 bits per heavy atom. The highest BCUT2D eigenvalue weighted by Crippen LogP contribution is 2.26. The number of primary amides is 1. The van der Waals surface area contributed by atoms with Gasteiger partial charge in [-0.15, -0.1) is 0 Å². The molecule has 4 nitrogen and oxygen atoms in total. The summed E-state index contributed by atoms with van der Waals surface area (Å²) < 4.78 is 6.39. The molecule has 0 spiro atoms. The molecule has 1 atom stereocenters. The summed E-state index contributed by atoms with van der Waals surface area (Å²) in [5.74, 6) is 0.0796. The number of halogens is 1. The number of benzene rings is 1. The zero-order valence-electron chi connectivity index (χ0n) is 10.8. The van der Waals surface area contributed by atoms with Gasteiger partial charge < -0.3 is 15.8 Å². The van der Waals surface area contributed by atoms with E-state index >= 15 is 0 Å². The summed E-state index contributed by atoms with van der Waals surface area (Å²) in [5, 5.41) is 3.47. The number of nitrogens with one attached hydrogen (secondary N) is 1. The van der Waals surface area contributed by atoms with Gasteiger partial charge in [0.2, 0.25) is 0 Å². The molecule has 0 aromatic heterocycles. The Bertz CT molecular complexity index is 445. The summed E-state index contributed by atoms with van der Waals surface area (Å²) in [5.41, 5.74) is 5.78. The van der Waals surface area contributed by atoms with Crippen molar-refractivity contribution in [3.05, 3.63) is 28.2 Å². The maximum Gasteiger partial charge on any atom is 0.253 e. The highest BCUT2D eigenvalue weighted by molar-refractivity contribution is 9.10. The first-order chi connectivity index (χ1) is 9.18. The summed E-state index contributed by atoms with van der Waals surface area (Å²) in [6, 6.07) is 5.93. The van der Waals surface area contributed by atoms with Crippen molar-refractivity contribution >= 4 is 21.8 Å². The first-order valence-corrected chi connectivity index (χ1v) is 7.42. The predicted octanol–water partition coefficient (Wildman–Crippen LogP) is 2.46. The van der Waals surface area contributed by atoms with E-state index in [0.29, 0.717) is 28.4 Å². The van der Waals surface area contributed by atoms with Gasteiger partial charge in [0, 0.05) is 10.5 Å². The first-order valence-electron chi connectivity index (χ1n) is 6.63. The van der Waals surface area contributed by atoms with E-state index in [0.717, 1.165) is 13.0 Å². The van der Waals surface area contributed by atoms with Crippen molar-refractivity contribution in [3.63, 3.8) is 0 Å². The van der Waals surface area contributed by atoms with Crippen LogP contribution in [0.5, 0.6) is 5.75 Å². The number of carbonyl (C=O) groups is 1. The average Bonchev–Trinajstić information content (AvgIpc) is 2.39. The number of ether oxygens (including phenoxy) is 1. The topological polar surface area (TPSA) is 64.4 Å². The van der Waals surface area contributed by atoms with Crippen LogP contribution in [0.1, 0.15) is 36.0 Å². The van der Waals surface area contributed by atoms with Gasteiger partial charge in [-0.25, -0.2) is 0 Å². The second kappa shape index (κ2) is 6.91. The molecule has 1 fully saturated rings. The fraction of sp³-hybridized carbons (Fsp3) is 0.500. The van der Waals surface area contributed by atoms with Crippen molar-refractivity contribution in [3.8, 4) is 5.75 Å². The second-order valence-electron chi connectivity index (χ2n) is 4.76. The lowest BCUT2D eigenvalue weighted by molar-refractivity contribution is 0.0995. The third-order valence-electron chi connectivity index (χ3n) is 3.36. The van der Waals surface area contributed by atoms with Gasteiger partial charge in [0.05, 0.1) is 12.2 Å². The van der Waals surface area contributed by atoms with Crippen molar-refractivity contribution in [2.75, 3.05) is 13.2 Å². The van der Waals surface area contributed by atoms with Gasteiger partial charge in [-0.1, -0.05) is 12.5 Å². The molecule has 0 radical (unpaired) electrons. The van der Waals surface area contributed by atoms with E-state index in [1.165, 1.54) is 19.3 Å². The van der Waals surface area contributed by atoms with Crippen LogP contribution in [-0.2, 0) is 0 Å². The van der Waals surface area contributed by atoms with Crippen molar-refractivity contribution in [1.82, 2.24) is 5.32 Å². The molecule has 19 heavy (non-hydrogen) atoms. The van der Waals surface area contributed by atoms with Gasteiger partial charge >= 0.3 is 0 Å². The summed E-state index contributed by atoms with van der Waals surface area (Å²) >= 11 is 3.32. The van der Waals surface area contributed by atoms with Crippen LogP contribution in [0.4, 0.5) is 0 Å². The molecule has 1 saturated heterocycles. The van der Waals surface area contributed by atoms with Crippen molar-refractivity contribution in [2.24, 2.45) is 5.73 Å². The van der Waals surface area contributed by atoms with E-state index < -0.39 is 5.91 Å². The summed E-state index contributed by atoms with van der Waals surface area (Å²) in [6.45, 7) is 1.68. The molecule has 1 heterocycles. The zero-order chi connectivity index (χ0) is 13.7. The Morgan fingerprint density at radius 1 is 1.47 bits per heavy atom. The Hall–Kier alpha value is -1.07. The van der Waals surface area contributed by atoms with E-state index in [-0.39, 0.29) is 0 Å². The monoisotopic (exact) mass is 326 g/mol. The number of amides is 1. The minimum absolute atomic E-state index is 0.416. The van der Waals surface area contributed by atoms with Crippen LogP contribution in [-0.4, -0.2) is 25.1 Å². The van der Waals surface area contributed by atoms with E-state index in [1.807, 2.05) is 6.07 Å². The zero-order valence-corrected chi connectivity index (χ0v) is 12.4. The largest absolute Gasteiger partial charge is 0.493 e. The Labute approximate surface area is 121 Å². The van der Waals surface area contributed by atoms with E-state index in [4.69, 9.17) is 10.5 Å². The standard InChI is InChI=1S/C14H19BrN2O2/c15-11-5-3-6-12(13(11)14(16)18)19-9-7-10-4-1-2-8-17-10/h3,5-6,10,17H,1-2,4,7-9H2,(H2,16,18). The number of hydrogen-bond donors (Lipinski definition) is 2. The Kier molecular flexibility index (Phi) is 5.22. The summed E-state index contributed by atoms with van der Waals surface area (Å²) in [6.07, 6.45) is 4.69. The predicted molar refractivity (Wildman–Crippen MR) is 78.4 cm³/mol. The van der Waals surface area contributed by atoms with Crippen LogP contribution >= 0.6 is 15.9 Å². The molecule has 1 aliphatic rings. The number of piperidine rings is 1. The molecule has 3 N–H and O–H groups in total. The molecule has 5 heteroatoms. The van der Waals surface area contributed by atoms with E-state index in [9.17, 15) is 4.79 Å². The number of hydrogen-bond acceptors (Lipinski definition) is 3. The van der Waals surface area contributed by atoms with Crippen LogP contribution in [0.15, 0.2) is 22.7 Å². The minimum atomic E-state index is -0.474. The van der Waals surface area contributed by atoms with Gasteiger partial charge in [0.1, 0.15) is 5.75 Å². The van der Waals surface area contributed by atoms with Gasteiger partial charge in [0.25, 0.3) is 5.91 Å².